The second kappa shape index (κ2) is 4.03. The van der Waals surface area contributed by atoms with Crippen LogP contribution in [-0.4, -0.2) is 10.9 Å². The number of hydrogen-bond acceptors (Lipinski definition) is 1. The summed E-state index contributed by atoms with van der Waals surface area (Å²) in [5.74, 6) is 0.583. The zero-order valence-electron chi connectivity index (χ0n) is 8.48. The molecule has 1 aliphatic rings. The van der Waals surface area contributed by atoms with Gasteiger partial charge >= 0.3 is 0 Å². The maximum atomic E-state index is 5.85. The molecule has 2 heteroatoms. The first-order valence-corrected chi connectivity index (χ1v) is 5.96. The Kier molecular flexibility index (Phi) is 2.93. The summed E-state index contributed by atoms with van der Waals surface area (Å²) in [6.07, 6.45) is 0.601. The van der Waals surface area contributed by atoms with E-state index in [0.29, 0.717) is 16.8 Å². The van der Waals surface area contributed by atoms with Gasteiger partial charge in [0.1, 0.15) is 0 Å². The lowest BCUT2D eigenvalue weighted by Crippen LogP contribution is -2.46. The highest BCUT2D eigenvalue weighted by atomic mass is 79.9. The molecule has 1 aromatic rings. The molecule has 1 heterocycles. The minimum atomic E-state index is 0.239. The Morgan fingerprint density at radius 2 is 1.86 bits per heavy atom. The van der Waals surface area contributed by atoms with Crippen molar-refractivity contribution in [3.8, 4) is 0 Å². The van der Waals surface area contributed by atoms with Crippen molar-refractivity contribution in [3.63, 3.8) is 0 Å². The lowest BCUT2D eigenvalue weighted by atomic mass is 9.91. The van der Waals surface area contributed by atoms with E-state index in [4.69, 9.17) is 4.74 Å². The largest absolute Gasteiger partial charge is 0.367 e. The number of halogens is 1. The summed E-state index contributed by atoms with van der Waals surface area (Å²) < 4.78 is 5.85. The molecule has 0 bridgehead atoms. The average Bonchev–Trinajstić information content (AvgIpc) is 2.17. The third-order valence-electron chi connectivity index (χ3n) is 2.69. The topological polar surface area (TPSA) is 9.23 Å². The van der Waals surface area contributed by atoms with Gasteiger partial charge in [0.15, 0.2) is 0 Å². The fourth-order valence-corrected chi connectivity index (χ4v) is 3.00. The summed E-state index contributed by atoms with van der Waals surface area (Å²) in [6.45, 7) is 4.39. The summed E-state index contributed by atoms with van der Waals surface area (Å²) >= 11 is 3.71. The lowest BCUT2D eigenvalue weighted by Gasteiger charge is -2.44. The summed E-state index contributed by atoms with van der Waals surface area (Å²) in [5.41, 5.74) is 1.27. The van der Waals surface area contributed by atoms with E-state index in [2.05, 4.69) is 54.0 Å². The smallest absolute Gasteiger partial charge is 0.0979 e. The number of ether oxygens (including phenoxy) is 1. The van der Waals surface area contributed by atoms with Gasteiger partial charge in [0.05, 0.1) is 17.0 Å². The van der Waals surface area contributed by atoms with Crippen LogP contribution in [0.3, 0.4) is 0 Å². The van der Waals surface area contributed by atoms with Crippen LogP contribution in [0.15, 0.2) is 30.3 Å². The highest BCUT2D eigenvalue weighted by Gasteiger charge is 2.42. The normalized spacial score (nSPS) is 31.6. The monoisotopic (exact) mass is 254 g/mol. The molecule has 3 atom stereocenters. The molecule has 0 spiro atoms. The third kappa shape index (κ3) is 1.73. The fourth-order valence-electron chi connectivity index (χ4n) is 1.83. The molecule has 0 aliphatic carbocycles. The van der Waals surface area contributed by atoms with Crippen LogP contribution in [0.25, 0.3) is 0 Å². The fraction of sp³-hybridized carbons (Fsp3) is 0.500. The van der Waals surface area contributed by atoms with Gasteiger partial charge < -0.3 is 4.74 Å². The zero-order valence-corrected chi connectivity index (χ0v) is 10.1. The van der Waals surface area contributed by atoms with Gasteiger partial charge in [-0.2, -0.15) is 0 Å². The van der Waals surface area contributed by atoms with Crippen LogP contribution in [0.2, 0.25) is 0 Å². The molecule has 3 unspecified atom stereocenters. The number of benzene rings is 1. The Balaban J connectivity index is 2.05. The minimum absolute atomic E-state index is 0.239. The molecule has 1 aromatic carbocycles. The molecule has 0 N–H and O–H groups in total. The van der Waals surface area contributed by atoms with Gasteiger partial charge in [-0.1, -0.05) is 60.1 Å². The third-order valence-corrected chi connectivity index (χ3v) is 3.69. The van der Waals surface area contributed by atoms with Crippen molar-refractivity contribution in [1.29, 1.82) is 0 Å². The van der Waals surface area contributed by atoms with Crippen LogP contribution >= 0.6 is 15.9 Å². The molecule has 1 aliphatic heterocycles. The Morgan fingerprint density at radius 3 is 2.36 bits per heavy atom. The molecule has 0 aromatic heterocycles. The summed E-state index contributed by atoms with van der Waals surface area (Å²) in [4.78, 5) is 0.463. The second-order valence-corrected chi connectivity index (χ2v) is 5.18. The number of rotatable bonds is 2. The van der Waals surface area contributed by atoms with E-state index in [1.165, 1.54) is 5.56 Å². The van der Waals surface area contributed by atoms with Crippen LogP contribution in [0.4, 0.5) is 0 Å². The first kappa shape index (κ1) is 10.2. The van der Waals surface area contributed by atoms with Gasteiger partial charge in [-0.15, -0.1) is 0 Å². The van der Waals surface area contributed by atoms with Crippen molar-refractivity contribution in [2.75, 3.05) is 0 Å². The number of hydrogen-bond donors (Lipinski definition) is 0. The molecule has 1 saturated heterocycles. The van der Waals surface area contributed by atoms with Crippen molar-refractivity contribution in [2.45, 2.75) is 30.9 Å². The average molecular weight is 255 g/mol. The highest BCUT2D eigenvalue weighted by Crippen LogP contribution is 2.43. The lowest BCUT2D eigenvalue weighted by molar-refractivity contribution is -0.136. The maximum absolute atomic E-state index is 5.85. The highest BCUT2D eigenvalue weighted by molar-refractivity contribution is 9.09. The maximum Gasteiger partial charge on any atom is 0.0979 e. The van der Waals surface area contributed by atoms with Gasteiger partial charge in [-0.25, -0.2) is 0 Å². The SMILES string of the molecule is CC(C)C1OC(c2ccccc2)C1Br. The number of alkyl halides is 1. The van der Waals surface area contributed by atoms with E-state index in [9.17, 15) is 0 Å². The standard InChI is InChI=1S/C12H15BrO/c1-8(2)11-10(13)12(14-11)9-6-4-3-5-7-9/h3-8,10-12H,1-2H3. The predicted octanol–water partition coefficient (Wildman–Crippen LogP) is 3.55. The van der Waals surface area contributed by atoms with Gasteiger partial charge in [0, 0.05) is 0 Å². The minimum Gasteiger partial charge on any atom is -0.367 e. The van der Waals surface area contributed by atoms with Gasteiger partial charge in [-0.3, -0.25) is 0 Å². The van der Waals surface area contributed by atoms with Crippen molar-refractivity contribution < 1.29 is 4.74 Å². The van der Waals surface area contributed by atoms with Gasteiger partial charge in [-0.05, 0) is 11.5 Å². The van der Waals surface area contributed by atoms with Crippen LogP contribution in [0.1, 0.15) is 25.5 Å². The summed E-state index contributed by atoms with van der Waals surface area (Å²) in [6, 6.07) is 10.4. The van der Waals surface area contributed by atoms with E-state index in [-0.39, 0.29) is 6.10 Å². The Bertz CT molecular complexity index is 296. The molecule has 0 saturated carbocycles. The Morgan fingerprint density at radius 1 is 1.21 bits per heavy atom. The zero-order chi connectivity index (χ0) is 10.1. The van der Waals surface area contributed by atoms with E-state index >= 15 is 0 Å². The van der Waals surface area contributed by atoms with Gasteiger partial charge in [0.2, 0.25) is 0 Å². The quantitative estimate of drug-likeness (QED) is 0.734. The molecular weight excluding hydrogens is 240 g/mol. The van der Waals surface area contributed by atoms with E-state index < -0.39 is 0 Å². The molecule has 1 nitrogen and oxygen atoms in total. The van der Waals surface area contributed by atoms with Crippen molar-refractivity contribution in [3.05, 3.63) is 35.9 Å². The molecule has 76 valence electrons. The van der Waals surface area contributed by atoms with Crippen LogP contribution < -0.4 is 0 Å². The Hall–Kier alpha value is -0.340. The predicted molar refractivity (Wildman–Crippen MR) is 61.6 cm³/mol. The molecule has 14 heavy (non-hydrogen) atoms. The van der Waals surface area contributed by atoms with Crippen molar-refractivity contribution >= 4 is 15.9 Å². The molecule has 2 rings (SSSR count). The van der Waals surface area contributed by atoms with E-state index in [1.807, 2.05) is 6.07 Å². The Labute approximate surface area is 93.6 Å². The van der Waals surface area contributed by atoms with E-state index in [0.717, 1.165) is 0 Å². The van der Waals surface area contributed by atoms with Crippen LogP contribution in [0.5, 0.6) is 0 Å². The van der Waals surface area contributed by atoms with Crippen molar-refractivity contribution in [2.24, 2.45) is 5.92 Å². The summed E-state index contributed by atoms with van der Waals surface area (Å²) in [5, 5.41) is 0. The molecule has 0 radical (unpaired) electrons. The summed E-state index contributed by atoms with van der Waals surface area (Å²) in [7, 11) is 0. The van der Waals surface area contributed by atoms with E-state index in [1.54, 1.807) is 0 Å². The first-order chi connectivity index (χ1) is 6.70. The second-order valence-electron chi connectivity index (χ2n) is 4.12. The van der Waals surface area contributed by atoms with Gasteiger partial charge in [0.25, 0.3) is 0 Å². The molecule has 0 amide bonds. The van der Waals surface area contributed by atoms with Crippen LogP contribution in [-0.2, 0) is 4.74 Å². The van der Waals surface area contributed by atoms with Crippen molar-refractivity contribution in [1.82, 2.24) is 0 Å². The van der Waals surface area contributed by atoms with Crippen LogP contribution in [0, 0.1) is 5.92 Å². The molecule has 1 fully saturated rings. The molecular formula is C12H15BrO. The first-order valence-electron chi connectivity index (χ1n) is 5.04.